The van der Waals surface area contributed by atoms with E-state index in [9.17, 15) is 18.0 Å². The number of carbonyl (C=O) groups excluding carboxylic acids is 2. The van der Waals surface area contributed by atoms with Crippen molar-refractivity contribution in [3.63, 3.8) is 0 Å². The molecule has 156 valence electrons. The summed E-state index contributed by atoms with van der Waals surface area (Å²) >= 11 is 0. The van der Waals surface area contributed by atoms with Crippen molar-refractivity contribution in [2.75, 3.05) is 19.7 Å². The van der Waals surface area contributed by atoms with Crippen LogP contribution in [-0.2, 0) is 19.6 Å². The van der Waals surface area contributed by atoms with Gasteiger partial charge < -0.3 is 10.1 Å². The maximum atomic E-state index is 12.7. The Kier molecular flexibility index (Phi) is 7.60. The standard InChI is InChI=1S/C20H30N2O5S/c1-14(2)16(4)21-19(23)13-27-20(24)17-5-7-18(8-6-17)28(25,26)22-11-9-15(3)10-12-22/h5-8,14-16H,9-13H2,1-4H3,(H,21,23)/t16-/m1/s1. The number of hydrogen-bond acceptors (Lipinski definition) is 5. The number of nitrogens with one attached hydrogen (secondary N) is 1. The average Bonchev–Trinajstić information content (AvgIpc) is 2.66. The van der Waals surface area contributed by atoms with E-state index in [-0.39, 0.29) is 34.9 Å². The van der Waals surface area contributed by atoms with Crippen LogP contribution in [0.2, 0.25) is 0 Å². The molecule has 8 heteroatoms. The third-order valence-electron chi connectivity index (χ3n) is 5.19. The van der Waals surface area contributed by atoms with Gasteiger partial charge in [-0.3, -0.25) is 4.79 Å². The summed E-state index contributed by atoms with van der Waals surface area (Å²) in [7, 11) is -3.56. The van der Waals surface area contributed by atoms with Crippen molar-refractivity contribution in [2.24, 2.45) is 11.8 Å². The lowest BCUT2D eigenvalue weighted by Gasteiger charge is -2.29. The van der Waals surface area contributed by atoms with Crippen LogP contribution in [0.4, 0.5) is 0 Å². The Bertz CT molecular complexity index is 781. The van der Waals surface area contributed by atoms with Crippen molar-refractivity contribution in [1.29, 1.82) is 0 Å². The Hall–Kier alpha value is -1.93. The van der Waals surface area contributed by atoms with Gasteiger partial charge in [-0.1, -0.05) is 20.8 Å². The van der Waals surface area contributed by atoms with E-state index in [0.717, 1.165) is 12.8 Å². The van der Waals surface area contributed by atoms with Crippen LogP contribution in [0.5, 0.6) is 0 Å². The van der Waals surface area contributed by atoms with Gasteiger partial charge in [0.1, 0.15) is 0 Å². The predicted octanol–water partition coefficient (Wildman–Crippen LogP) is 2.42. The van der Waals surface area contributed by atoms with Crippen molar-refractivity contribution in [2.45, 2.75) is 51.5 Å². The van der Waals surface area contributed by atoms with Crippen LogP contribution in [0.15, 0.2) is 29.2 Å². The Balaban J connectivity index is 1.94. The van der Waals surface area contributed by atoms with Crippen molar-refractivity contribution >= 4 is 21.9 Å². The highest BCUT2D eigenvalue weighted by atomic mass is 32.2. The molecule has 0 unspecified atom stereocenters. The highest BCUT2D eigenvalue weighted by Crippen LogP contribution is 2.23. The number of hydrogen-bond donors (Lipinski definition) is 1. The molecule has 28 heavy (non-hydrogen) atoms. The molecule has 0 aliphatic carbocycles. The quantitative estimate of drug-likeness (QED) is 0.697. The Morgan fingerprint density at radius 3 is 2.25 bits per heavy atom. The lowest BCUT2D eigenvalue weighted by Crippen LogP contribution is -2.38. The number of rotatable bonds is 7. The number of benzene rings is 1. The zero-order chi connectivity index (χ0) is 20.9. The fourth-order valence-electron chi connectivity index (χ4n) is 2.81. The molecule has 1 amide bonds. The van der Waals surface area contributed by atoms with E-state index in [4.69, 9.17) is 4.74 Å². The topological polar surface area (TPSA) is 92.8 Å². The molecular formula is C20H30N2O5S. The molecule has 7 nitrogen and oxygen atoms in total. The molecule has 1 saturated heterocycles. The molecule has 1 heterocycles. The van der Waals surface area contributed by atoms with Crippen LogP contribution in [0, 0.1) is 11.8 Å². The maximum absolute atomic E-state index is 12.7. The second-order valence-corrected chi connectivity index (χ2v) is 9.73. The molecule has 1 atom stereocenters. The smallest absolute Gasteiger partial charge is 0.338 e. The summed E-state index contributed by atoms with van der Waals surface area (Å²) in [6, 6.07) is 5.62. The van der Waals surface area contributed by atoms with E-state index in [1.807, 2.05) is 20.8 Å². The van der Waals surface area contributed by atoms with Crippen LogP contribution >= 0.6 is 0 Å². The molecule has 1 aliphatic rings. The van der Waals surface area contributed by atoms with E-state index < -0.39 is 16.0 Å². The minimum atomic E-state index is -3.56. The summed E-state index contributed by atoms with van der Waals surface area (Å²) in [5.41, 5.74) is 0.205. The summed E-state index contributed by atoms with van der Waals surface area (Å²) in [4.78, 5) is 24.1. The molecule has 0 radical (unpaired) electrons. The lowest BCUT2D eigenvalue weighted by atomic mass is 10.0. The van der Waals surface area contributed by atoms with Crippen LogP contribution in [-0.4, -0.2) is 50.3 Å². The molecule has 0 aromatic heterocycles. The number of nitrogens with zero attached hydrogens (tertiary/aromatic N) is 1. The van der Waals surface area contributed by atoms with Gasteiger partial charge in [0, 0.05) is 19.1 Å². The van der Waals surface area contributed by atoms with Crippen molar-refractivity contribution in [3.8, 4) is 0 Å². The first-order valence-electron chi connectivity index (χ1n) is 9.68. The third-order valence-corrected chi connectivity index (χ3v) is 7.11. The van der Waals surface area contributed by atoms with Crippen LogP contribution < -0.4 is 5.32 Å². The van der Waals surface area contributed by atoms with Crippen molar-refractivity contribution < 1.29 is 22.7 Å². The average molecular weight is 411 g/mol. The van der Waals surface area contributed by atoms with Gasteiger partial charge in [-0.15, -0.1) is 0 Å². The van der Waals surface area contributed by atoms with Crippen molar-refractivity contribution in [3.05, 3.63) is 29.8 Å². The van der Waals surface area contributed by atoms with Gasteiger partial charge in [0.15, 0.2) is 6.61 Å². The summed E-state index contributed by atoms with van der Waals surface area (Å²) in [5, 5.41) is 2.75. The fourth-order valence-corrected chi connectivity index (χ4v) is 4.28. The second-order valence-electron chi connectivity index (χ2n) is 7.79. The van der Waals surface area contributed by atoms with Gasteiger partial charge in [0.2, 0.25) is 10.0 Å². The monoisotopic (exact) mass is 410 g/mol. The zero-order valence-electron chi connectivity index (χ0n) is 17.0. The lowest BCUT2D eigenvalue weighted by molar-refractivity contribution is -0.125. The fraction of sp³-hybridized carbons (Fsp3) is 0.600. The number of esters is 1. The number of amides is 1. The van der Waals surface area contributed by atoms with E-state index in [0.29, 0.717) is 19.0 Å². The van der Waals surface area contributed by atoms with Gasteiger partial charge >= 0.3 is 5.97 Å². The van der Waals surface area contributed by atoms with E-state index in [1.165, 1.54) is 28.6 Å². The van der Waals surface area contributed by atoms with E-state index >= 15 is 0 Å². The maximum Gasteiger partial charge on any atom is 0.338 e. The summed E-state index contributed by atoms with van der Waals surface area (Å²) < 4.78 is 31.9. The molecule has 0 spiro atoms. The molecule has 1 aromatic carbocycles. The Morgan fingerprint density at radius 2 is 1.71 bits per heavy atom. The first kappa shape index (κ1) is 22.4. The minimum absolute atomic E-state index is 0.0199. The second kappa shape index (κ2) is 9.52. The molecule has 1 N–H and O–H groups in total. The minimum Gasteiger partial charge on any atom is -0.452 e. The Morgan fingerprint density at radius 1 is 1.14 bits per heavy atom. The number of sulfonamides is 1. The first-order chi connectivity index (χ1) is 13.1. The molecule has 1 aromatic rings. The molecule has 1 aliphatic heterocycles. The van der Waals surface area contributed by atoms with E-state index in [2.05, 4.69) is 12.2 Å². The highest BCUT2D eigenvalue weighted by molar-refractivity contribution is 7.89. The number of ether oxygens (including phenoxy) is 1. The first-order valence-corrected chi connectivity index (χ1v) is 11.1. The highest BCUT2D eigenvalue weighted by Gasteiger charge is 2.28. The molecule has 1 fully saturated rings. The van der Waals surface area contributed by atoms with Crippen LogP contribution in [0.25, 0.3) is 0 Å². The summed E-state index contributed by atoms with van der Waals surface area (Å²) in [6.45, 7) is 8.62. The van der Waals surface area contributed by atoms with E-state index in [1.54, 1.807) is 0 Å². The molecule has 2 rings (SSSR count). The molecular weight excluding hydrogens is 380 g/mol. The largest absolute Gasteiger partial charge is 0.452 e. The normalized spacial score (nSPS) is 17.3. The molecule has 0 bridgehead atoms. The predicted molar refractivity (Wildman–Crippen MR) is 106 cm³/mol. The zero-order valence-corrected chi connectivity index (χ0v) is 17.8. The van der Waals surface area contributed by atoms with Gasteiger partial charge in [0.05, 0.1) is 10.5 Å². The third kappa shape index (κ3) is 5.78. The van der Waals surface area contributed by atoms with Crippen LogP contribution in [0.1, 0.15) is 50.9 Å². The van der Waals surface area contributed by atoms with Gasteiger partial charge in [-0.05, 0) is 55.9 Å². The van der Waals surface area contributed by atoms with Crippen LogP contribution in [0.3, 0.4) is 0 Å². The van der Waals surface area contributed by atoms with Gasteiger partial charge in [0.25, 0.3) is 5.91 Å². The Labute approximate surface area is 167 Å². The number of carbonyl (C=O) groups is 2. The molecule has 0 saturated carbocycles. The van der Waals surface area contributed by atoms with Gasteiger partial charge in [-0.25, -0.2) is 13.2 Å². The SMILES string of the molecule is CC1CCN(S(=O)(=O)c2ccc(C(=O)OCC(=O)N[C@H](C)C(C)C)cc2)CC1. The summed E-state index contributed by atoms with van der Waals surface area (Å²) in [6.07, 6.45) is 1.70. The number of piperidine rings is 1. The van der Waals surface area contributed by atoms with Gasteiger partial charge in [-0.2, -0.15) is 4.31 Å². The summed E-state index contributed by atoms with van der Waals surface area (Å²) in [5.74, 6) is -0.224. The van der Waals surface area contributed by atoms with Crippen molar-refractivity contribution in [1.82, 2.24) is 9.62 Å².